The quantitative estimate of drug-likeness (QED) is 0.853. The van der Waals surface area contributed by atoms with E-state index in [9.17, 15) is 0 Å². The molecule has 0 fully saturated rings. The van der Waals surface area contributed by atoms with Crippen molar-refractivity contribution in [3.8, 4) is 11.1 Å². The second-order valence-electron chi connectivity index (χ2n) is 4.47. The van der Waals surface area contributed by atoms with E-state index in [0.717, 1.165) is 6.42 Å². The van der Waals surface area contributed by atoms with Gasteiger partial charge in [0.1, 0.15) is 0 Å². The van der Waals surface area contributed by atoms with Crippen LogP contribution in [0.3, 0.4) is 0 Å². The van der Waals surface area contributed by atoms with Gasteiger partial charge in [-0.25, -0.2) is 0 Å². The van der Waals surface area contributed by atoms with E-state index in [-0.39, 0.29) is 0 Å². The summed E-state index contributed by atoms with van der Waals surface area (Å²) in [6.45, 7) is 2.82. The molecule has 0 aliphatic heterocycles. The Morgan fingerprint density at radius 3 is 2.44 bits per heavy atom. The molecule has 1 heteroatoms. The fourth-order valence-electron chi connectivity index (χ4n) is 1.96. The van der Waals surface area contributed by atoms with E-state index in [1.54, 1.807) is 0 Å². The highest BCUT2D eigenvalue weighted by Gasteiger charge is 1.97. The summed E-state index contributed by atoms with van der Waals surface area (Å²) in [7, 11) is 0. The van der Waals surface area contributed by atoms with Crippen LogP contribution >= 0.6 is 0 Å². The zero-order chi connectivity index (χ0) is 12.8. The molecular formula is C17H19N. The third-order valence-electron chi connectivity index (χ3n) is 2.88. The van der Waals surface area contributed by atoms with Crippen LogP contribution in [0.25, 0.3) is 17.2 Å². The smallest absolute Gasteiger partial charge is 0.00425 e. The predicted molar refractivity (Wildman–Crippen MR) is 79.3 cm³/mol. The SMILES string of the molecule is Cc1cccc(-c2cccc(/C=C/CCN)c2)c1. The molecule has 0 amide bonds. The van der Waals surface area contributed by atoms with Crippen molar-refractivity contribution in [3.63, 3.8) is 0 Å². The molecule has 2 N–H and O–H groups in total. The van der Waals surface area contributed by atoms with Crippen molar-refractivity contribution >= 4 is 6.08 Å². The number of benzene rings is 2. The van der Waals surface area contributed by atoms with Crippen molar-refractivity contribution in [2.75, 3.05) is 6.54 Å². The minimum atomic E-state index is 0.702. The molecule has 0 atom stereocenters. The lowest BCUT2D eigenvalue weighted by Crippen LogP contribution is -1.94. The minimum Gasteiger partial charge on any atom is -0.330 e. The molecule has 18 heavy (non-hydrogen) atoms. The van der Waals surface area contributed by atoms with Crippen molar-refractivity contribution in [2.45, 2.75) is 13.3 Å². The van der Waals surface area contributed by atoms with E-state index in [2.05, 4.69) is 67.6 Å². The Hall–Kier alpha value is -1.86. The number of hydrogen-bond donors (Lipinski definition) is 1. The minimum absolute atomic E-state index is 0.702. The standard InChI is InChI=1S/C17H19N/c1-14-6-4-9-16(12-14)17-10-5-8-15(13-17)7-2-3-11-18/h2,4-10,12-13H,3,11,18H2,1H3/b7-2+. The third-order valence-corrected chi connectivity index (χ3v) is 2.88. The molecule has 0 aliphatic rings. The van der Waals surface area contributed by atoms with E-state index < -0.39 is 0 Å². The fraction of sp³-hybridized carbons (Fsp3) is 0.176. The van der Waals surface area contributed by atoms with Gasteiger partial charge in [-0.3, -0.25) is 0 Å². The van der Waals surface area contributed by atoms with E-state index >= 15 is 0 Å². The molecule has 0 saturated carbocycles. The lowest BCUT2D eigenvalue weighted by Gasteiger charge is -2.04. The molecule has 1 nitrogen and oxygen atoms in total. The average molecular weight is 237 g/mol. The van der Waals surface area contributed by atoms with Crippen LogP contribution < -0.4 is 5.73 Å². The van der Waals surface area contributed by atoms with Gasteiger partial charge < -0.3 is 5.73 Å². The molecule has 0 unspecified atom stereocenters. The first-order valence-corrected chi connectivity index (χ1v) is 6.33. The van der Waals surface area contributed by atoms with E-state index in [4.69, 9.17) is 5.73 Å². The lowest BCUT2D eigenvalue weighted by molar-refractivity contribution is 1.01. The van der Waals surface area contributed by atoms with Gasteiger partial charge in [0.25, 0.3) is 0 Å². The number of aryl methyl sites for hydroxylation is 1. The Kier molecular flexibility index (Phi) is 4.32. The molecule has 0 radical (unpaired) electrons. The highest BCUT2D eigenvalue weighted by atomic mass is 14.5. The second-order valence-corrected chi connectivity index (χ2v) is 4.47. The zero-order valence-corrected chi connectivity index (χ0v) is 10.8. The van der Waals surface area contributed by atoms with Crippen LogP contribution in [0.4, 0.5) is 0 Å². The van der Waals surface area contributed by atoms with E-state index in [1.807, 2.05) is 0 Å². The first kappa shape index (κ1) is 12.6. The van der Waals surface area contributed by atoms with Crippen molar-refractivity contribution in [2.24, 2.45) is 5.73 Å². The van der Waals surface area contributed by atoms with Gasteiger partial charge in [0.2, 0.25) is 0 Å². The topological polar surface area (TPSA) is 26.0 Å². The molecule has 0 spiro atoms. The van der Waals surface area contributed by atoms with E-state index in [0.29, 0.717) is 6.54 Å². The maximum atomic E-state index is 5.48. The van der Waals surface area contributed by atoms with Crippen LogP contribution in [0.2, 0.25) is 0 Å². The van der Waals surface area contributed by atoms with Crippen molar-refractivity contribution < 1.29 is 0 Å². The van der Waals surface area contributed by atoms with Crippen LogP contribution in [0.5, 0.6) is 0 Å². The molecule has 92 valence electrons. The highest BCUT2D eigenvalue weighted by molar-refractivity contribution is 5.67. The summed E-state index contributed by atoms with van der Waals surface area (Å²) in [4.78, 5) is 0. The Bertz CT molecular complexity index is 541. The third kappa shape index (κ3) is 3.31. The first-order chi connectivity index (χ1) is 8.79. The average Bonchev–Trinajstić information content (AvgIpc) is 2.39. The number of nitrogens with two attached hydrogens (primary N) is 1. The summed E-state index contributed by atoms with van der Waals surface area (Å²) in [5.74, 6) is 0. The van der Waals surface area contributed by atoms with Crippen molar-refractivity contribution in [1.82, 2.24) is 0 Å². The van der Waals surface area contributed by atoms with Gasteiger partial charge in [0.15, 0.2) is 0 Å². The first-order valence-electron chi connectivity index (χ1n) is 6.33. The molecule has 2 aromatic rings. The van der Waals surface area contributed by atoms with Gasteiger partial charge >= 0.3 is 0 Å². The molecule has 0 bridgehead atoms. The van der Waals surface area contributed by atoms with Gasteiger partial charge in [-0.05, 0) is 42.6 Å². The molecule has 2 rings (SSSR count). The van der Waals surface area contributed by atoms with Crippen LogP contribution in [-0.4, -0.2) is 6.54 Å². The van der Waals surface area contributed by atoms with Crippen molar-refractivity contribution in [3.05, 3.63) is 65.7 Å². The van der Waals surface area contributed by atoms with Gasteiger partial charge in [0, 0.05) is 0 Å². The van der Waals surface area contributed by atoms with Crippen molar-refractivity contribution in [1.29, 1.82) is 0 Å². The second kappa shape index (κ2) is 6.18. The Morgan fingerprint density at radius 1 is 1.00 bits per heavy atom. The van der Waals surface area contributed by atoms with Crippen LogP contribution in [0, 0.1) is 6.92 Å². The molecule has 0 heterocycles. The van der Waals surface area contributed by atoms with Gasteiger partial charge in [0.05, 0.1) is 0 Å². The molecule has 0 aliphatic carbocycles. The predicted octanol–water partition coefficient (Wildman–Crippen LogP) is 4.02. The Labute approximate surface area is 109 Å². The zero-order valence-electron chi connectivity index (χ0n) is 10.8. The summed E-state index contributed by atoms with van der Waals surface area (Å²) in [5, 5.41) is 0. The van der Waals surface area contributed by atoms with Gasteiger partial charge in [-0.1, -0.05) is 60.2 Å². The Balaban J connectivity index is 2.27. The highest BCUT2D eigenvalue weighted by Crippen LogP contribution is 2.21. The summed E-state index contributed by atoms with van der Waals surface area (Å²) < 4.78 is 0. The molecule has 0 aromatic heterocycles. The van der Waals surface area contributed by atoms with E-state index in [1.165, 1.54) is 22.3 Å². The van der Waals surface area contributed by atoms with Crippen LogP contribution in [-0.2, 0) is 0 Å². The normalized spacial score (nSPS) is 11.0. The van der Waals surface area contributed by atoms with Crippen LogP contribution in [0.1, 0.15) is 17.5 Å². The maximum absolute atomic E-state index is 5.48. The fourth-order valence-corrected chi connectivity index (χ4v) is 1.96. The summed E-state index contributed by atoms with van der Waals surface area (Å²) in [6.07, 6.45) is 5.18. The summed E-state index contributed by atoms with van der Waals surface area (Å²) >= 11 is 0. The number of hydrogen-bond acceptors (Lipinski definition) is 1. The molecular weight excluding hydrogens is 218 g/mol. The van der Waals surface area contributed by atoms with Gasteiger partial charge in [-0.15, -0.1) is 0 Å². The number of rotatable bonds is 4. The molecule has 0 saturated heterocycles. The van der Waals surface area contributed by atoms with Gasteiger partial charge in [-0.2, -0.15) is 0 Å². The lowest BCUT2D eigenvalue weighted by atomic mass is 10.0. The molecule has 2 aromatic carbocycles. The van der Waals surface area contributed by atoms with Crippen LogP contribution in [0.15, 0.2) is 54.6 Å². The largest absolute Gasteiger partial charge is 0.330 e. The maximum Gasteiger partial charge on any atom is -0.00425 e. The summed E-state index contributed by atoms with van der Waals surface area (Å²) in [6, 6.07) is 17.2. The summed E-state index contributed by atoms with van der Waals surface area (Å²) in [5.41, 5.74) is 10.5. The monoisotopic (exact) mass is 237 g/mol. The Morgan fingerprint density at radius 2 is 1.72 bits per heavy atom.